The number of thiazole rings is 1. The smallest absolute Gasteiger partial charge is 0.241 e. The monoisotopic (exact) mass is 324 g/mol. The Bertz CT molecular complexity index is 766. The molecule has 0 saturated carbocycles. The van der Waals surface area contributed by atoms with Crippen molar-refractivity contribution in [3.05, 3.63) is 45.9 Å². The molecule has 0 bridgehead atoms. The van der Waals surface area contributed by atoms with Crippen LogP contribution >= 0.6 is 11.3 Å². The molecule has 0 spiro atoms. The first-order chi connectivity index (χ1) is 9.79. The molecule has 2 aromatic rings. The molecule has 0 fully saturated rings. The van der Waals surface area contributed by atoms with Gasteiger partial charge in [0.15, 0.2) is 5.78 Å². The van der Waals surface area contributed by atoms with Crippen molar-refractivity contribution in [2.45, 2.75) is 31.7 Å². The second-order valence-corrected chi connectivity index (χ2v) is 7.36. The highest BCUT2D eigenvalue weighted by Gasteiger charge is 2.20. The van der Waals surface area contributed by atoms with E-state index in [4.69, 9.17) is 0 Å². The molecular formula is C14H16N2O3S2. The first-order valence-electron chi connectivity index (χ1n) is 6.35. The zero-order valence-corrected chi connectivity index (χ0v) is 13.6. The van der Waals surface area contributed by atoms with Crippen LogP contribution in [0.5, 0.6) is 0 Å². The lowest BCUT2D eigenvalue weighted by Gasteiger charge is -2.12. The number of benzene rings is 1. The van der Waals surface area contributed by atoms with E-state index >= 15 is 0 Å². The fourth-order valence-electron chi connectivity index (χ4n) is 1.80. The van der Waals surface area contributed by atoms with Crippen LogP contribution < -0.4 is 4.72 Å². The van der Waals surface area contributed by atoms with E-state index in [2.05, 4.69) is 9.71 Å². The lowest BCUT2D eigenvalue weighted by molar-refractivity contribution is 0.101. The second-order valence-electron chi connectivity index (χ2n) is 4.75. The van der Waals surface area contributed by atoms with Gasteiger partial charge in [0.25, 0.3) is 0 Å². The molecule has 0 aliphatic carbocycles. The number of ketones is 1. The Labute approximate surface area is 128 Å². The maximum Gasteiger partial charge on any atom is 0.241 e. The van der Waals surface area contributed by atoms with Gasteiger partial charge in [0, 0.05) is 16.6 Å². The van der Waals surface area contributed by atoms with Gasteiger partial charge in [-0.15, -0.1) is 11.3 Å². The number of sulfonamides is 1. The average Bonchev–Trinajstić information content (AvgIpc) is 2.85. The number of aromatic nitrogens is 1. The van der Waals surface area contributed by atoms with Crippen molar-refractivity contribution in [3.8, 4) is 0 Å². The normalized spacial score (nSPS) is 13.1. The van der Waals surface area contributed by atoms with Crippen LogP contribution in [0.25, 0.3) is 0 Å². The van der Waals surface area contributed by atoms with Gasteiger partial charge in [-0.2, -0.15) is 0 Å². The quantitative estimate of drug-likeness (QED) is 0.858. The topological polar surface area (TPSA) is 76.1 Å². The third-order valence-electron chi connectivity index (χ3n) is 2.89. The molecule has 1 atom stereocenters. The van der Waals surface area contributed by atoms with Crippen LogP contribution in [0, 0.1) is 6.92 Å². The average molecular weight is 324 g/mol. The van der Waals surface area contributed by atoms with Crippen molar-refractivity contribution in [3.63, 3.8) is 0 Å². The van der Waals surface area contributed by atoms with E-state index in [0.717, 1.165) is 5.69 Å². The maximum absolute atomic E-state index is 12.4. The Morgan fingerprint density at radius 2 is 2.10 bits per heavy atom. The third-order valence-corrected chi connectivity index (χ3v) is 5.57. The fourth-order valence-corrected chi connectivity index (χ4v) is 3.94. The number of nitrogens with one attached hydrogen (secondary N) is 1. The molecule has 1 N–H and O–H groups in total. The summed E-state index contributed by atoms with van der Waals surface area (Å²) in [5, 5.41) is 2.58. The molecule has 2 rings (SSSR count). The molecule has 5 nitrogen and oxygen atoms in total. The molecule has 1 aromatic heterocycles. The number of aryl methyl sites for hydroxylation is 1. The summed E-state index contributed by atoms with van der Waals surface area (Å²) in [6, 6.07) is 5.58. The summed E-state index contributed by atoms with van der Waals surface area (Å²) in [6.07, 6.45) is 0. The summed E-state index contributed by atoms with van der Waals surface area (Å²) < 4.78 is 27.3. The van der Waals surface area contributed by atoms with Gasteiger partial charge in [0.05, 0.1) is 10.9 Å². The molecule has 0 saturated heterocycles. The standard InChI is InChI=1S/C14H16N2O3S2/c1-9-8-20-14(15-9)10(2)16-21(18,19)13-6-4-5-12(7-13)11(3)17/h4-8,10,16H,1-3H3. The summed E-state index contributed by atoms with van der Waals surface area (Å²) in [5.41, 5.74) is 1.23. The van der Waals surface area contributed by atoms with E-state index in [-0.39, 0.29) is 10.7 Å². The molecule has 112 valence electrons. The van der Waals surface area contributed by atoms with E-state index in [1.165, 1.54) is 30.4 Å². The Hall–Kier alpha value is -1.57. The fraction of sp³-hybridized carbons (Fsp3) is 0.286. The lowest BCUT2D eigenvalue weighted by atomic mass is 10.2. The Balaban J connectivity index is 2.26. The Kier molecular flexibility index (Phi) is 4.55. The SMILES string of the molecule is CC(=O)c1cccc(S(=O)(=O)NC(C)c2nc(C)cs2)c1. The van der Waals surface area contributed by atoms with E-state index in [9.17, 15) is 13.2 Å². The van der Waals surface area contributed by atoms with Crippen molar-refractivity contribution in [2.24, 2.45) is 0 Å². The summed E-state index contributed by atoms with van der Waals surface area (Å²) in [7, 11) is -3.69. The summed E-state index contributed by atoms with van der Waals surface area (Å²) in [6.45, 7) is 5.00. The maximum atomic E-state index is 12.4. The first-order valence-corrected chi connectivity index (χ1v) is 8.71. The van der Waals surface area contributed by atoms with Gasteiger partial charge in [-0.25, -0.2) is 18.1 Å². The van der Waals surface area contributed by atoms with Crippen LogP contribution in [-0.4, -0.2) is 19.2 Å². The van der Waals surface area contributed by atoms with Crippen molar-refractivity contribution in [1.82, 2.24) is 9.71 Å². The highest BCUT2D eigenvalue weighted by atomic mass is 32.2. The van der Waals surface area contributed by atoms with E-state index in [0.29, 0.717) is 10.6 Å². The van der Waals surface area contributed by atoms with Gasteiger partial charge in [-0.05, 0) is 32.9 Å². The molecule has 1 aromatic carbocycles. The van der Waals surface area contributed by atoms with E-state index in [1.54, 1.807) is 19.1 Å². The first kappa shape index (κ1) is 15.8. The van der Waals surface area contributed by atoms with Crippen LogP contribution in [0.2, 0.25) is 0 Å². The van der Waals surface area contributed by atoms with Crippen molar-refractivity contribution >= 4 is 27.1 Å². The Morgan fingerprint density at radius 1 is 1.38 bits per heavy atom. The summed E-state index contributed by atoms with van der Waals surface area (Å²) in [5.74, 6) is -0.171. The summed E-state index contributed by atoms with van der Waals surface area (Å²) in [4.78, 5) is 15.7. The van der Waals surface area contributed by atoms with Crippen LogP contribution in [0.1, 0.15) is 40.9 Å². The minimum absolute atomic E-state index is 0.0790. The molecule has 0 aliphatic heterocycles. The second kappa shape index (κ2) is 6.05. The number of carbonyl (C=O) groups excluding carboxylic acids is 1. The number of nitrogens with zero attached hydrogens (tertiary/aromatic N) is 1. The van der Waals surface area contributed by atoms with Crippen LogP contribution in [-0.2, 0) is 10.0 Å². The molecule has 0 radical (unpaired) electrons. The zero-order valence-electron chi connectivity index (χ0n) is 12.0. The van der Waals surface area contributed by atoms with E-state index < -0.39 is 16.1 Å². The number of Topliss-reactive ketones (excluding diaryl/α,β-unsaturated/α-hetero) is 1. The highest BCUT2D eigenvalue weighted by molar-refractivity contribution is 7.89. The number of carbonyl (C=O) groups is 1. The minimum atomic E-state index is -3.69. The third kappa shape index (κ3) is 3.75. The Morgan fingerprint density at radius 3 is 2.67 bits per heavy atom. The van der Waals surface area contributed by atoms with Crippen molar-refractivity contribution < 1.29 is 13.2 Å². The molecule has 0 aliphatic rings. The van der Waals surface area contributed by atoms with Crippen molar-refractivity contribution in [2.75, 3.05) is 0 Å². The summed E-state index contributed by atoms with van der Waals surface area (Å²) >= 11 is 1.41. The number of rotatable bonds is 5. The van der Waals surface area contributed by atoms with Gasteiger partial charge in [0.2, 0.25) is 10.0 Å². The van der Waals surface area contributed by atoms with Gasteiger partial charge in [-0.1, -0.05) is 12.1 Å². The van der Waals surface area contributed by atoms with Gasteiger partial charge in [-0.3, -0.25) is 4.79 Å². The van der Waals surface area contributed by atoms with Crippen molar-refractivity contribution in [1.29, 1.82) is 0 Å². The van der Waals surface area contributed by atoms with Gasteiger partial charge >= 0.3 is 0 Å². The molecule has 1 unspecified atom stereocenters. The molecular weight excluding hydrogens is 308 g/mol. The van der Waals surface area contributed by atoms with E-state index in [1.807, 2.05) is 12.3 Å². The largest absolute Gasteiger partial charge is 0.295 e. The van der Waals surface area contributed by atoms with Crippen LogP contribution in [0.3, 0.4) is 0 Å². The van der Waals surface area contributed by atoms with Gasteiger partial charge in [0.1, 0.15) is 5.01 Å². The minimum Gasteiger partial charge on any atom is -0.295 e. The lowest BCUT2D eigenvalue weighted by Crippen LogP contribution is -2.27. The molecule has 21 heavy (non-hydrogen) atoms. The number of hydrogen-bond acceptors (Lipinski definition) is 5. The zero-order chi connectivity index (χ0) is 15.6. The van der Waals surface area contributed by atoms with Gasteiger partial charge < -0.3 is 0 Å². The van der Waals surface area contributed by atoms with Crippen LogP contribution in [0.4, 0.5) is 0 Å². The number of hydrogen-bond donors (Lipinski definition) is 1. The predicted molar refractivity (Wildman–Crippen MR) is 82.0 cm³/mol. The predicted octanol–water partition coefficient (Wildman–Crippen LogP) is 2.69. The molecule has 1 heterocycles. The molecule has 7 heteroatoms. The highest BCUT2D eigenvalue weighted by Crippen LogP contribution is 2.20. The van der Waals surface area contributed by atoms with Crippen LogP contribution in [0.15, 0.2) is 34.5 Å². The molecule has 0 amide bonds.